The first kappa shape index (κ1) is 44.0. The van der Waals surface area contributed by atoms with Gasteiger partial charge in [-0.05, 0) is 49.1 Å². The van der Waals surface area contributed by atoms with Gasteiger partial charge in [-0.2, -0.15) is 0 Å². The number of Topliss-reactive ketones (excluding diaryl/α,β-unsaturated/α-hetero) is 1. The van der Waals surface area contributed by atoms with Crippen LogP contribution in [0.2, 0.25) is 0 Å². The molecule has 2 heterocycles. The van der Waals surface area contributed by atoms with Crippen molar-refractivity contribution in [3.8, 4) is 5.75 Å². The van der Waals surface area contributed by atoms with Gasteiger partial charge in [0, 0.05) is 33.5 Å². The topological polar surface area (TPSA) is 193 Å². The zero-order valence-electron chi connectivity index (χ0n) is 34.2. The molecule has 4 N–H and O–H groups in total. The van der Waals surface area contributed by atoms with Crippen molar-refractivity contribution < 1.29 is 43.0 Å². The van der Waals surface area contributed by atoms with Crippen LogP contribution in [0, 0.1) is 0 Å². The van der Waals surface area contributed by atoms with Crippen molar-refractivity contribution in [1.82, 2.24) is 31.1 Å². The van der Waals surface area contributed by atoms with E-state index >= 15 is 0 Å². The summed E-state index contributed by atoms with van der Waals surface area (Å²) >= 11 is 0. The minimum Gasteiger partial charge on any atom is -0.493 e. The minimum absolute atomic E-state index is 0.0156. The molecule has 0 aromatic heterocycles. The van der Waals surface area contributed by atoms with Crippen molar-refractivity contribution >= 4 is 41.2 Å². The normalized spacial score (nSPS) is 20.2. The zero-order valence-corrected chi connectivity index (χ0v) is 34.2. The number of hydrogen-bond acceptors (Lipinski definition) is 9. The van der Waals surface area contributed by atoms with Crippen LogP contribution in [0.3, 0.4) is 0 Å². The Kier molecular flexibility index (Phi) is 15.0. The number of nitrogens with zero attached hydrogens (tertiary/aromatic N) is 2. The van der Waals surface area contributed by atoms with Gasteiger partial charge in [-0.25, -0.2) is 0 Å². The van der Waals surface area contributed by atoms with Crippen molar-refractivity contribution in [3.63, 3.8) is 0 Å². The van der Waals surface area contributed by atoms with Crippen LogP contribution in [0.15, 0.2) is 84.9 Å². The fraction of sp³-hybridized carbons (Fsp3) is 0.432. The maximum atomic E-state index is 14.6. The van der Waals surface area contributed by atoms with Crippen molar-refractivity contribution in [2.24, 2.45) is 0 Å². The quantitative estimate of drug-likeness (QED) is 0.199. The highest BCUT2D eigenvalue weighted by Crippen LogP contribution is 2.30. The van der Waals surface area contributed by atoms with E-state index < -0.39 is 77.7 Å². The average molecular weight is 811 g/mol. The highest BCUT2D eigenvalue weighted by atomic mass is 16.5. The molecule has 1 saturated heterocycles. The van der Waals surface area contributed by atoms with Gasteiger partial charge in [0.2, 0.25) is 29.4 Å². The third-order valence-electron chi connectivity index (χ3n) is 10.2. The molecule has 4 bridgehead atoms. The van der Waals surface area contributed by atoms with Crippen LogP contribution in [-0.4, -0.2) is 109 Å². The molecule has 6 amide bonds. The first-order valence-corrected chi connectivity index (χ1v) is 19.9. The number of benzene rings is 3. The summed E-state index contributed by atoms with van der Waals surface area (Å²) in [4.78, 5) is 97.7. The maximum Gasteiger partial charge on any atom is 0.290 e. The molecule has 5 rings (SSSR count). The molecule has 1 unspecified atom stereocenters. The number of ether oxygens (including phenoxy) is 2. The summed E-state index contributed by atoms with van der Waals surface area (Å²) in [6.07, 6.45) is 0.428. The Hall–Kier alpha value is -6.09. The van der Waals surface area contributed by atoms with Crippen LogP contribution >= 0.6 is 0 Å². The highest BCUT2D eigenvalue weighted by molar-refractivity contribution is 6.38. The molecule has 1 fully saturated rings. The Balaban J connectivity index is 1.33. The predicted molar refractivity (Wildman–Crippen MR) is 218 cm³/mol. The molecular weight excluding hydrogens is 757 g/mol. The molecule has 0 radical (unpaired) electrons. The number of carbonyl (C=O) groups is 7. The van der Waals surface area contributed by atoms with E-state index in [4.69, 9.17) is 9.47 Å². The molecule has 5 atom stereocenters. The van der Waals surface area contributed by atoms with Crippen molar-refractivity contribution in [3.05, 3.63) is 102 Å². The van der Waals surface area contributed by atoms with Gasteiger partial charge >= 0.3 is 0 Å². The standard InChI is InChI=1S/C44H54N6O9/c1-6-14-33(39(53)41(55)45-26-36(52)48-37(42(56)49(4)5)29-16-9-7-10-17-29)46-40(54)34-25-32-27-50(34)43(57)38(30-18-11-8-12-19-30)47-35(51)24-28-15-13-20-31(23-28)58-22-21-44(2,3)59-32/h7-13,15-20,23,32-34,37-38H,6,14,21-22,24-27H2,1-5H3,(H,45,55)(H,46,54)(H,47,51)(H,48,52)/t32-,33?,34+,37+,38+/m1/s1. The second-order valence-electron chi connectivity index (χ2n) is 15.6. The SMILES string of the molecule is CCCC(NC(=O)[C@@H]1C[C@@H]2CN1C(=O)[C@H](c1ccccc1)NC(=O)Cc1cccc(c1)OCCC(C)(C)O2)C(=O)C(=O)NCC(=O)N[C@H](C(=O)N(C)C)c1ccccc1. The summed E-state index contributed by atoms with van der Waals surface area (Å²) in [5.74, 6) is -4.22. The Morgan fingerprint density at radius 2 is 1.63 bits per heavy atom. The number of amides is 6. The van der Waals surface area contributed by atoms with Crippen LogP contribution in [0.4, 0.5) is 0 Å². The summed E-state index contributed by atoms with van der Waals surface area (Å²) in [6, 6.07) is 19.9. The molecule has 0 aliphatic carbocycles. The van der Waals surface area contributed by atoms with Gasteiger partial charge in [0.25, 0.3) is 11.8 Å². The summed E-state index contributed by atoms with van der Waals surface area (Å²) in [6.45, 7) is 5.30. The summed E-state index contributed by atoms with van der Waals surface area (Å²) in [5.41, 5.74) is 1.01. The fourth-order valence-corrected chi connectivity index (χ4v) is 7.18. The fourth-order valence-electron chi connectivity index (χ4n) is 7.18. The lowest BCUT2D eigenvalue weighted by Crippen LogP contribution is -2.55. The number of fused-ring (bicyclic) bond motifs is 4. The molecule has 2 aliphatic rings. The number of rotatable bonds is 12. The Bertz CT molecular complexity index is 1990. The van der Waals surface area contributed by atoms with Crippen LogP contribution in [0.5, 0.6) is 5.75 Å². The molecule has 0 saturated carbocycles. The van der Waals surface area contributed by atoms with Gasteiger partial charge in [-0.15, -0.1) is 0 Å². The second-order valence-corrected chi connectivity index (χ2v) is 15.6. The van der Waals surface area contributed by atoms with Crippen LogP contribution < -0.4 is 26.0 Å². The Morgan fingerprint density at radius 1 is 0.932 bits per heavy atom. The van der Waals surface area contributed by atoms with Gasteiger partial charge in [0.05, 0.1) is 37.3 Å². The van der Waals surface area contributed by atoms with Crippen LogP contribution in [0.1, 0.15) is 75.2 Å². The Labute approximate surface area is 344 Å². The number of nitrogens with one attached hydrogen (secondary N) is 4. The Morgan fingerprint density at radius 3 is 2.31 bits per heavy atom. The highest BCUT2D eigenvalue weighted by Gasteiger charge is 2.45. The largest absolute Gasteiger partial charge is 0.493 e. The van der Waals surface area contributed by atoms with Gasteiger partial charge in [0.1, 0.15) is 23.9 Å². The molecule has 15 heteroatoms. The first-order chi connectivity index (χ1) is 28.1. The molecule has 3 aromatic carbocycles. The zero-order chi connectivity index (χ0) is 42.7. The second kappa shape index (κ2) is 20.1. The molecule has 314 valence electrons. The lowest BCUT2D eigenvalue weighted by atomic mass is 10.0. The molecular formula is C44H54N6O9. The van der Waals surface area contributed by atoms with E-state index in [-0.39, 0.29) is 31.7 Å². The van der Waals surface area contributed by atoms with Gasteiger partial charge < -0.3 is 40.5 Å². The summed E-state index contributed by atoms with van der Waals surface area (Å²) in [7, 11) is 3.11. The van der Waals surface area contributed by atoms with Crippen LogP contribution in [-0.2, 0) is 44.7 Å². The van der Waals surface area contributed by atoms with E-state index in [0.29, 0.717) is 41.9 Å². The van der Waals surface area contributed by atoms with E-state index in [2.05, 4.69) is 21.3 Å². The van der Waals surface area contributed by atoms with Crippen molar-refractivity contribution in [2.75, 3.05) is 33.8 Å². The van der Waals surface area contributed by atoms with E-state index in [1.165, 1.54) is 9.80 Å². The summed E-state index contributed by atoms with van der Waals surface area (Å²) in [5, 5.41) is 10.5. The minimum atomic E-state index is -1.28. The van der Waals surface area contributed by atoms with E-state index in [9.17, 15) is 33.6 Å². The molecule has 59 heavy (non-hydrogen) atoms. The molecule has 0 spiro atoms. The van der Waals surface area contributed by atoms with Crippen molar-refractivity contribution in [1.29, 1.82) is 0 Å². The van der Waals surface area contributed by atoms with Gasteiger partial charge in [-0.3, -0.25) is 33.6 Å². The third-order valence-corrected chi connectivity index (χ3v) is 10.2. The van der Waals surface area contributed by atoms with Crippen molar-refractivity contribution in [2.45, 2.75) is 88.7 Å². The molecule has 2 aliphatic heterocycles. The lowest BCUT2D eigenvalue weighted by molar-refractivity contribution is -0.144. The molecule has 15 nitrogen and oxygen atoms in total. The maximum absolute atomic E-state index is 14.6. The van der Waals surface area contributed by atoms with Crippen LogP contribution in [0.25, 0.3) is 0 Å². The lowest BCUT2D eigenvalue weighted by Gasteiger charge is -2.31. The number of hydrogen-bond donors (Lipinski definition) is 4. The number of likely N-dealkylation sites (N-methyl/N-ethyl adjacent to an activating group) is 1. The first-order valence-electron chi connectivity index (χ1n) is 19.9. The van der Waals surface area contributed by atoms with E-state index in [0.717, 1.165) is 0 Å². The smallest absolute Gasteiger partial charge is 0.290 e. The van der Waals surface area contributed by atoms with E-state index in [1.807, 2.05) is 19.9 Å². The number of ketones is 1. The monoisotopic (exact) mass is 810 g/mol. The van der Waals surface area contributed by atoms with E-state index in [1.54, 1.807) is 99.9 Å². The van der Waals surface area contributed by atoms with Gasteiger partial charge in [0.15, 0.2) is 0 Å². The van der Waals surface area contributed by atoms with Gasteiger partial charge in [-0.1, -0.05) is 86.1 Å². The predicted octanol–water partition coefficient (Wildman–Crippen LogP) is 2.55. The number of carbonyl (C=O) groups excluding carboxylic acids is 7. The third kappa shape index (κ3) is 12.0. The molecule has 3 aromatic rings. The summed E-state index contributed by atoms with van der Waals surface area (Å²) < 4.78 is 12.5. The average Bonchev–Trinajstić information content (AvgIpc) is 3.63.